The zero-order valence-electron chi connectivity index (χ0n) is 18.7. The summed E-state index contributed by atoms with van der Waals surface area (Å²) in [7, 11) is 0. The molecule has 3 rings (SSSR count). The van der Waals surface area contributed by atoms with Gasteiger partial charge in [0.2, 0.25) is 5.91 Å². The van der Waals surface area contributed by atoms with Crippen molar-refractivity contribution in [2.24, 2.45) is 5.92 Å². The monoisotopic (exact) mass is 472 g/mol. The number of carbonyl (C=O) groups excluding carboxylic acids is 3. The van der Waals surface area contributed by atoms with Crippen molar-refractivity contribution < 1.29 is 23.9 Å². The minimum absolute atomic E-state index is 0.127. The van der Waals surface area contributed by atoms with Gasteiger partial charge in [-0.15, -0.1) is 0 Å². The first-order valence-electron chi connectivity index (χ1n) is 11.1. The number of piperidine rings is 1. The molecule has 0 aromatic heterocycles. The molecule has 2 aromatic carbocycles. The number of esters is 1. The fourth-order valence-corrected chi connectivity index (χ4v) is 3.91. The van der Waals surface area contributed by atoms with Gasteiger partial charge in [-0.1, -0.05) is 29.8 Å². The molecule has 1 saturated heterocycles. The molecule has 176 valence electrons. The van der Waals surface area contributed by atoms with Crippen LogP contribution in [0.2, 0.25) is 5.02 Å². The standard InChI is InChI=1S/C25H29ClN2O5/c1-18(29)33-21-7-4-6-20(16-21)25(31)27-17-19-11-13-28(14-12-19)24(30)10-5-15-32-23-9-3-2-8-22(23)26/h2-4,6-9,16,19H,5,10-15,17H2,1H3,(H,27,31). The summed E-state index contributed by atoms with van der Waals surface area (Å²) in [6, 6.07) is 13.8. The quantitative estimate of drug-likeness (QED) is 0.337. The average molecular weight is 473 g/mol. The van der Waals surface area contributed by atoms with E-state index in [-0.39, 0.29) is 11.8 Å². The fourth-order valence-electron chi connectivity index (χ4n) is 3.72. The number of nitrogens with one attached hydrogen (secondary N) is 1. The summed E-state index contributed by atoms with van der Waals surface area (Å²) in [5.74, 6) is 0.788. The molecule has 2 aromatic rings. The maximum Gasteiger partial charge on any atom is 0.308 e. The maximum atomic E-state index is 12.5. The van der Waals surface area contributed by atoms with E-state index in [4.69, 9.17) is 21.1 Å². The number of nitrogens with zero attached hydrogens (tertiary/aromatic N) is 1. The second kappa shape index (κ2) is 12.3. The first-order chi connectivity index (χ1) is 15.9. The summed E-state index contributed by atoms with van der Waals surface area (Å²) in [5, 5.41) is 3.51. The van der Waals surface area contributed by atoms with Crippen LogP contribution >= 0.6 is 11.6 Å². The van der Waals surface area contributed by atoms with Crippen LogP contribution in [0.25, 0.3) is 0 Å². The minimum Gasteiger partial charge on any atom is -0.492 e. The number of amides is 2. The molecule has 0 spiro atoms. The van der Waals surface area contributed by atoms with E-state index >= 15 is 0 Å². The smallest absolute Gasteiger partial charge is 0.308 e. The number of carbonyl (C=O) groups is 3. The zero-order chi connectivity index (χ0) is 23.6. The number of likely N-dealkylation sites (tertiary alicyclic amines) is 1. The molecule has 0 radical (unpaired) electrons. The molecule has 7 nitrogen and oxygen atoms in total. The molecule has 0 aliphatic carbocycles. The highest BCUT2D eigenvalue weighted by atomic mass is 35.5. The second-order valence-corrected chi connectivity index (χ2v) is 8.45. The molecule has 0 saturated carbocycles. The van der Waals surface area contributed by atoms with Crippen LogP contribution in [0.5, 0.6) is 11.5 Å². The lowest BCUT2D eigenvalue weighted by Crippen LogP contribution is -2.41. The molecule has 33 heavy (non-hydrogen) atoms. The number of rotatable bonds is 9. The van der Waals surface area contributed by atoms with E-state index in [1.165, 1.54) is 6.92 Å². The first-order valence-corrected chi connectivity index (χ1v) is 11.5. The third-order valence-corrected chi connectivity index (χ3v) is 5.82. The molecule has 0 atom stereocenters. The predicted molar refractivity (Wildman–Crippen MR) is 126 cm³/mol. The highest BCUT2D eigenvalue weighted by Gasteiger charge is 2.23. The highest BCUT2D eigenvalue weighted by Crippen LogP contribution is 2.23. The second-order valence-electron chi connectivity index (χ2n) is 8.04. The van der Waals surface area contributed by atoms with Gasteiger partial charge in [0, 0.05) is 38.5 Å². The lowest BCUT2D eigenvalue weighted by atomic mass is 9.96. The van der Waals surface area contributed by atoms with Crippen molar-refractivity contribution in [1.29, 1.82) is 0 Å². The van der Waals surface area contributed by atoms with Crippen molar-refractivity contribution in [3.8, 4) is 11.5 Å². The van der Waals surface area contributed by atoms with Gasteiger partial charge < -0.3 is 19.7 Å². The van der Waals surface area contributed by atoms with Crippen molar-refractivity contribution in [2.75, 3.05) is 26.2 Å². The minimum atomic E-state index is -0.429. The van der Waals surface area contributed by atoms with Crippen LogP contribution in [0.1, 0.15) is 43.0 Å². The Hall–Kier alpha value is -3.06. The third-order valence-electron chi connectivity index (χ3n) is 5.51. The Morgan fingerprint density at radius 3 is 2.58 bits per heavy atom. The van der Waals surface area contributed by atoms with E-state index in [2.05, 4.69) is 5.32 Å². The largest absolute Gasteiger partial charge is 0.492 e. The Labute approximate surface area is 199 Å². The molecule has 1 aliphatic rings. The van der Waals surface area contributed by atoms with Gasteiger partial charge in [0.05, 0.1) is 11.6 Å². The summed E-state index contributed by atoms with van der Waals surface area (Å²) in [6.45, 7) is 3.68. The Morgan fingerprint density at radius 1 is 1.09 bits per heavy atom. The molecule has 8 heteroatoms. The van der Waals surface area contributed by atoms with E-state index in [0.29, 0.717) is 67.1 Å². The summed E-state index contributed by atoms with van der Waals surface area (Å²) in [4.78, 5) is 37.9. The van der Waals surface area contributed by atoms with Crippen LogP contribution in [0.15, 0.2) is 48.5 Å². The molecule has 0 unspecified atom stereocenters. The van der Waals surface area contributed by atoms with Crippen molar-refractivity contribution in [3.63, 3.8) is 0 Å². The number of hydrogen-bond donors (Lipinski definition) is 1. The van der Waals surface area contributed by atoms with E-state index < -0.39 is 5.97 Å². The van der Waals surface area contributed by atoms with E-state index in [1.807, 2.05) is 23.1 Å². The highest BCUT2D eigenvalue weighted by molar-refractivity contribution is 6.32. The summed E-state index contributed by atoms with van der Waals surface area (Å²) in [6.07, 6.45) is 2.75. The molecule has 2 amide bonds. The number of ether oxygens (including phenoxy) is 2. The van der Waals surface area contributed by atoms with Crippen molar-refractivity contribution in [3.05, 3.63) is 59.1 Å². The Bertz CT molecular complexity index is 973. The molecular formula is C25H29ClN2O5. The summed E-state index contributed by atoms with van der Waals surface area (Å²) in [5.41, 5.74) is 0.445. The van der Waals surface area contributed by atoms with Gasteiger partial charge in [-0.2, -0.15) is 0 Å². The summed E-state index contributed by atoms with van der Waals surface area (Å²) >= 11 is 6.06. The molecule has 1 aliphatic heterocycles. The van der Waals surface area contributed by atoms with Gasteiger partial charge in [0.25, 0.3) is 5.91 Å². The maximum absolute atomic E-state index is 12.5. The molecule has 0 bridgehead atoms. The van der Waals surface area contributed by atoms with Crippen LogP contribution in [0.4, 0.5) is 0 Å². The van der Waals surface area contributed by atoms with Gasteiger partial charge in [-0.3, -0.25) is 14.4 Å². The van der Waals surface area contributed by atoms with Gasteiger partial charge in [0.15, 0.2) is 0 Å². The number of para-hydroxylation sites is 1. The first kappa shape index (κ1) is 24.6. The summed E-state index contributed by atoms with van der Waals surface area (Å²) < 4.78 is 10.7. The molecular weight excluding hydrogens is 444 g/mol. The van der Waals surface area contributed by atoms with Gasteiger partial charge in [-0.05, 0) is 55.5 Å². The predicted octanol–water partition coefficient (Wildman–Crippen LogP) is 4.09. The van der Waals surface area contributed by atoms with Gasteiger partial charge in [0.1, 0.15) is 11.5 Å². The fraction of sp³-hybridized carbons (Fsp3) is 0.400. The topological polar surface area (TPSA) is 84.9 Å². The normalized spacial score (nSPS) is 13.9. The lowest BCUT2D eigenvalue weighted by molar-refractivity contribution is -0.133. The van der Waals surface area contributed by atoms with Crippen LogP contribution in [0.3, 0.4) is 0 Å². The third kappa shape index (κ3) is 7.79. The number of halogens is 1. The van der Waals surface area contributed by atoms with E-state index in [1.54, 1.807) is 30.3 Å². The Balaban J connectivity index is 1.34. The zero-order valence-corrected chi connectivity index (χ0v) is 19.5. The molecule has 1 heterocycles. The lowest BCUT2D eigenvalue weighted by Gasteiger charge is -2.32. The van der Waals surface area contributed by atoms with Gasteiger partial charge >= 0.3 is 5.97 Å². The van der Waals surface area contributed by atoms with Crippen molar-refractivity contribution in [2.45, 2.75) is 32.6 Å². The number of hydrogen-bond acceptors (Lipinski definition) is 5. The van der Waals surface area contributed by atoms with E-state index in [9.17, 15) is 14.4 Å². The SMILES string of the molecule is CC(=O)Oc1cccc(C(=O)NCC2CCN(C(=O)CCCOc3ccccc3Cl)CC2)c1. The van der Waals surface area contributed by atoms with Crippen LogP contribution in [-0.2, 0) is 9.59 Å². The Morgan fingerprint density at radius 2 is 1.85 bits per heavy atom. The molecule has 1 fully saturated rings. The Kier molecular flexibility index (Phi) is 9.13. The molecule has 1 N–H and O–H groups in total. The van der Waals surface area contributed by atoms with E-state index in [0.717, 1.165) is 12.8 Å². The number of benzene rings is 2. The van der Waals surface area contributed by atoms with Crippen LogP contribution in [-0.4, -0.2) is 48.9 Å². The van der Waals surface area contributed by atoms with Crippen molar-refractivity contribution >= 4 is 29.4 Å². The average Bonchev–Trinajstić information content (AvgIpc) is 2.81. The van der Waals surface area contributed by atoms with Crippen LogP contribution in [0, 0.1) is 5.92 Å². The van der Waals surface area contributed by atoms with Gasteiger partial charge in [-0.25, -0.2) is 0 Å². The van der Waals surface area contributed by atoms with Crippen LogP contribution < -0.4 is 14.8 Å². The van der Waals surface area contributed by atoms with Crippen molar-refractivity contribution in [1.82, 2.24) is 10.2 Å².